The van der Waals surface area contributed by atoms with Gasteiger partial charge in [-0.25, -0.2) is 10.1 Å². The summed E-state index contributed by atoms with van der Waals surface area (Å²) in [4.78, 5) is 13.2. The first kappa shape index (κ1) is 15.1. The fraction of sp³-hybridized carbons (Fsp3) is 0.909. The van der Waals surface area contributed by atoms with Gasteiger partial charge in [-0.05, 0) is 33.6 Å². The van der Waals surface area contributed by atoms with Gasteiger partial charge in [-0.15, -0.1) is 0 Å². The zero-order chi connectivity index (χ0) is 14.0. The summed E-state index contributed by atoms with van der Waals surface area (Å²) in [5, 5.41) is 1.46. The Labute approximate surface area is 104 Å². The van der Waals surface area contributed by atoms with Gasteiger partial charge >= 0.3 is 12.4 Å². The van der Waals surface area contributed by atoms with E-state index in [-0.39, 0.29) is 6.54 Å². The number of hydrogen-bond donors (Lipinski definition) is 1. The molecule has 0 spiro atoms. The van der Waals surface area contributed by atoms with Gasteiger partial charge in [-0.3, -0.25) is 0 Å². The third kappa shape index (κ3) is 5.12. The minimum atomic E-state index is -4.41. The molecule has 0 unspecified atom stereocenters. The smallest absolute Gasteiger partial charge is 0.444 e. The van der Waals surface area contributed by atoms with E-state index >= 15 is 0 Å². The third-order valence-corrected chi connectivity index (χ3v) is 2.54. The Morgan fingerprint density at radius 3 is 2.50 bits per heavy atom. The van der Waals surface area contributed by atoms with E-state index in [1.165, 1.54) is 10.2 Å². The summed E-state index contributed by atoms with van der Waals surface area (Å²) in [6.45, 7) is 5.33. The summed E-state index contributed by atoms with van der Waals surface area (Å²) < 4.78 is 41.3. The Morgan fingerprint density at radius 1 is 1.39 bits per heavy atom. The normalized spacial score (nSPS) is 21.2. The van der Waals surface area contributed by atoms with Crippen LogP contribution in [-0.4, -0.2) is 42.0 Å². The number of carbonyl (C=O) groups is 1. The molecule has 0 aromatic heterocycles. The Balaban J connectivity index is 2.51. The van der Waals surface area contributed by atoms with Crippen molar-refractivity contribution >= 4 is 6.09 Å². The Kier molecular flexibility index (Phi) is 4.47. The molecule has 0 aromatic carbocycles. The average molecular weight is 268 g/mol. The van der Waals surface area contributed by atoms with Crippen molar-refractivity contribution in [1.82, 2.24) is 10.2 Å². The van der Waals surface area contributed by atoms with Crippen molar-refractivity contribution in [2.24, 2.45) is 0 Å². The number of nitrogens with zero attached hydrogens (tertiary/aromatic N) is 1. The van der Waals surface area contributed by atoms with E-state index in [1.807, 2.05) is 0 Å². The number of halogens is 3. The fourth-order valence-electron chi connectivity index (χ4n) is 1.84. The van der Waals surface area contributed by atoms with Gasteiger partial charge in [0.1, 0.15) is 5.60 Å². The molecule has 7 heteroatoms. The highest BCUT2D eigenvalue weighted by atomic mass is 19.4. The number of alkyl halides is 3. The number of hydrogen-bond acceptors (Lipinski definition) is 3. The first-order chi connectivity index (χ1) is 8.08. The van der Waals surface area contributed by atoms with Crippen LogP contribution >= 0.6 is 0 Å². The molecule has 0 aliphatic carbocycles. The van der Waals surface area contributed by atoms with Crippen LogP contribution in [0.2, 0.25) is 0 Å². The second-order valence-electron chi connectivity index (χ2n) is 5.35. The van der Waals surface area contributed by atoms with E-state index in [0.717, 1.165) is 0 Å². The minimum Gasteiger partial charge on any atom is -0.444 e. The number of rotatable bonds is 2. The van der Waals surface area contributed by atoms with Crippen LogP contribution in [-0.2, 0) is 4.74 Å². The van der Waals surface area contributed by atoms with Crippen LogP contribution in [0.4, 0.5) is 18.0 Å². The lowest BCUT2D eigenvalue weighted by molar-refractivity contribution is -0.158. The molecule has 1 heterocycles. The van der Waals surface area contributed by atoms with Crippen LogP contribution in [0.25, 0.3) is 0 Å². The molecule has 1 amide bonds. The van der Waals surface area contributed by atoms with Crippen LogP contribution in [0.5, 0.6) is 0 Å². The highest BCUT2D eigenvalue weighted by molar-refractivity contribution is 5.69. The zero-order valence-corrected chi connectivity index (χ0v) is 10.8. The summed E-state index contributed by atoms with van der Waals surface area (Å²) >= 11 is 0. The molecule has 0 bridgehead atoms. The van der Waals surface area contributed by atoms with Crippen molar-refractivity contribution in [3.8, 4) is 0 Å². The third-order valence-electron chi connectivity index (χ3n) is 2.54. The van der Waals surface area contributed by atoms with Gasteiger partial charge in [0, 0.05) is 19.1 Å². The fourth-order valence-corrected chi connectivity index (χ4v) is 1.84. The molecule has 1 N–H and O–H groups in total. The van der Waals surface area contributed by atoms with Crippen LogP contribution in [0, 0.1) is 0 Å². The SMILES string of the molecule is CC(C)(C)OC(=O)N1CCC[C@@H]1CNC(F)(F)F. The predicted molar refractivity (Wildman–Crippen MR) is 60.0 cm³/mol. The number of likely N-dealkylation sites (tertiary alicyclic amines) is 1. The number of nitrogens with one attached hydrogen (secondary N) is 1. The molecule has 1 fully saturated rings. The molecule has 0 saturated carbocycles. The second-order valence-corrected chi connectivity index (χ2v) is 5.35. The lowest BCUT2D eigenvalue weighted by Gasteiger charge is -2.29. The van der Waals surface area contributed by atoms with Gasteiger partial charge in [0.2, 0.25) is 0 Å². The monoisotopic (exact) mass is 268 g/mol. The predicted octanol–water partition coefficient (Wildman–Crippen LogP) is 2.50. The molecule has 4 nitrogen and oxygen atoms in total. The van der Waals surface area contributed by atoms with Crippen molar-refractivity contribution in [2.75, 3.05) is 13.1 Å². The molecule has 106 valence electrons. The van der Waals surface area contributed by atoms with Gasteiger partial charge in [-0.2, -0.15) is 13.2 Å². The molecule has 1 atom stereocenters. The van der Waals surface area contributed by atoms with E-state index in [4.69, 9.17) is 4.74 Å². The molecule has 0 aromatic rings. The van der Waals surface area contributed by atoms with Crippen molar-refractivity contribution < 1.29 is 22.7 Å². The molecular weight excluding hydrogens is 249 g/mol. The topological polar surface area (TPSA) is 41.6 Å². The van der Waals surface area contributed by atoms with Crippen molar-refractivity contribution in [3.05, 3.63) is 0 Å². The quantitative estimate of drug-likeness (QED) is 0.782. The molecule has 1 rings (SSSR count). The molecule has 0 radical (unpaired) electrons. The zero-order valence-electron chi connectivity index (χ0n) is 10.8. The summed E-state index contributed by atoms with van der Waals surface area (Å²) in [6.07, 6.45) is -3.71. The Hall–Kier alpha value is -0.980. The van der Waals surface area contributed by atoms with Crippen LogP contribution < -0.4 is 5.32 Å². The maximum Gasteiger partial charge on any atom is 0.457 e. The van der Waals surface area contributed by atoms with E-state index in [2.05, 4.69) is 0 Å². The van der Waals surface area contributed by atoms with Gasteiger partial charge in [0.05, 0.1) is 0 Å². The second kappa shape index (κ2) is 5.34. The van der Waals surface area contributed by atoms with Gasteiger partial charge in [0.25, 0.3) is 0 Å². The largest absolute Gasteiger partial charge is 0.457 e. The Bertz CT molecular complexity index is 300. The lowest BCUT2D eigenvalue weighted by Crippen LogP contribution is -2.46. The number of amides is 1. The average Bonchev–Trinajstić information content (AvgIpc) is 2.58. The van der Waals surface area contributed by atoms with Crippen molar-refractivity contribution in [3.63, 3.8) is 0 Å². The summed E-state index contributed by atoms with van der Waals surface area (Å²) in [5.41, 5.74) is -0.637. The molecule has 18 heavy (non-hydrogen) atoms. The van der Waals surface area contributed by atoms with Gasteiger partial charge in [0.15, 0.2) is 0 Å². The van der Waals surface area contributed by atoms with E-state index in [9.17, 15) is 18.0 Å². The number of ether oxygens (including phenoxy) is 1. The van der Waals surface area contributed by atoms with E-state index in [0.29, 0.717) is 19.4 Å². The summed E-state index contributed by atoms with van der Waals surface area (Å²) in [6, 6.07) is -0.457. The highest BCUT2D eigenvalue weighted by Crippen LogP contribution is 2.21. The van der Waals surface area contributed by atoms with Crippen molar-refractivity contribution in [1.29, 1.82) is 0 Å². The highest BCUT2D eigenvalue weighted by Gasteiger charge is 2.35. The van der Waals surface area contributed by atoms with Crippen LogP contribution in [0.15, 0.2) is 0 Å². The maximum atomic E-state index is 12.1. The number of carbonyl (C=O) groups excluding carboxylic acids is 1. The van der Waals surface area contributed by atoms with Crippen molar-refractivity contribution in [2.45, 2.75) is 51.6 Å². The van der Waals surface area contributed by atoms with Crippen LogP contribution in [0.3, 0.4) is 0 Å². The van der Waals surface area contributed by atoms with E-state index < -0.39 is 24.0 Å². The standard InChI is InChI=1S/C11H19F3N2O2/c1-10(2,3)18-9(17)16-6-4-5-8(16)7-15-11(12,13)14/h8,15H,4-7H2,1-3H3/t8-/m1/s1. The molecule has 1 aliphatic heterocycles. The maximum absolute atomic E-state index is 12.1. The molecular formula is C11H19F3N2O2. The summed E-state index contributed by atoms with van der Waals surface area (Å²) in [5.74, 6) is 0. The van der Waals surface area contributed by atoms with Crippen LogP contribution in [0.1, 0.15) is 33.6 Å². The lowest BCUT2D eigenvalue weighted by atomic mass is 10.2. The molecule has 1 saturated heterocycles. The molecule has 1 aliphatic rings. The first-order valence-corrected chi connectivity index (χ1v) is 5.90. The van der Waals surface area contributed by atoms with Gasteiger partial charge in [-0.1, -0.05) is 0 Å². The first-order valence-electron chi connectivity index (χ1n) is 5.90. The Morgan fingerprint density at radius 2 is 2.00 bits per heavy atom. The van der Waals surface area contributed by atoms with Gasteiger partial charge < -0.3 is 9.64 Å². The summed E-state index contributed by atoms with van der Waals surface area (Å²) in [7, 11) is 0. The minimum absolute atomic E-state index is 0.289. The van der Waals surface area contributed by atoms with E-state index in [1.54, 1.807) is 20.8 Å².